The lowest BCUT2D eigenvalue weighted by atomic mass is 10.2. The average molecular weight is 596 g/mol. The van der Waals surface area contributed by atoms with Crippen LogP contribution in [0.15, 0.2) is 89.4 Å². The summed E-state index contributed by atoms with van der Waals surface area (Å²) in [6.07, 6.45) is -1.98. The lowest BCUT2D eigenvalue weighted by Crippen LogP contribution is -2.39. The summed E-state index contributed by atoms with van der Waals surface area (Å²) < 4.78 is 78.9. The fourth-order valence-electron chi connectivity index (χ4n) is 3.41. The van der Waals surface area contributed by atoms with Gasteiger partial charge in [0, 0.05) is 0 Å². The van der Waals surface area contributed by atoms with Gasteiger partial charge in [0.2, 0.25) is 0 Å². The Morgan fingerprint density at radius 1 is 1.07 bits per heavy atom. The van der Waals surface area contributed by atoms with Gasteiger partial charge in [0.05, 0.1) is 34.0 Å². The molecule has 0 aliphatic carbocycles. The van der Waals surface area contributed by atoms with E-state index in [1.54, 1.807) is 37.3 Å². The van der Waals surface area contributed by atoms with Crippen molar-refractivity contribution in [2.45, 2.75) is 18.0 Å². The van der Waals surface area contributed by atoms with Gasteiger partial charge < -0.3 is 9.47 Å². The molecule has 0 aliphatic rings. The largest absolute Gasteiger partial charge is 0.490 e. The van der Waals surface area contributed by atoms with Crippen LogP contribution in [0.25, 0.3) is 0 Å². The lowest BCUT2D eigenvalue weighted by molar-refractivity contribution is -0.137. The third kappa shape index (κ3) is 7.76. The monoisotopic (exact) mass is 595 g/mol. The van der Waals surface area contributed by atoms with Crippen LogP contribution in [0.5, 0.6) is 11.5 Å². The zero-order valence-corrected chi connectivity index (χ0v) is 22.8. The van der Waals surface area contributed by atoms with Crippen LogP contribution in [-0.4, -0.2) is 40.3 Å². The summed E-state index contributed by atoms with van der Waals surface area (Å²) in [5, 5.41) is 3.23. The number of carbonyl (C=O) groups is 1. The zero-order valence-electron chi connectivity index (χ0n) is 21.2. The Balaban J connectivity index is 1.87. The molecule has 0 aliphatic heterocycles. The van der Waals surface area contributed by atoms with Crippen molar-refractivity contribution in [1.29, 1.82) is 0 Å². The van der Waals surface area contributed by atoms with Crippen LogP contribution in [0, 0.1) is 0 Å². The number of ether oxygens (including phenoxy) is 2. The van der Waals surface area contributed by atoms with Crippen LogP contribution in [0.3, 0.4) is 0 Å². The average Bonchev–Trinajstić information content (AvgIpc) is 2.91. The van der Waals surface area contributed by atoms with Gasteiger partial charge in [-0.1, -0.05) is 42.5 Å². The number of nitrogens with zero attached hydrogens (tertiary/aromatic N) is 2. The van der Waals surface area contributed by atoms with Crippen molar-refractivity contribution in [2.75, 3.05) is 24.1 Å². The molecule has 212 valence electrons. The molecular weight excluding hydrogens is 571 g/mol. The second kappa shape index (κ2) is 13.4. The highest BCUT2D eigenvalue weighted by Gasteiger charge is 2.35. The number of halogens is 4. The van der Waals surface area contributed by atoms with Crippen LogP contribution in [0.4, 0.5) is 18.9 Å². The van der Waals surface area contributed by atoms with Crippen molar-refractivity contribution < 1.29 is 35.9 Å². The van der Waals surface area contributed by atoms with Gasteiger partial charge in [0.1, 0.15) is 13.2 Å². The number of sulfonamides is 1. The van der Waals surface area contributed by atoms with Crippen molar-refractivity contribution in [3.63, 3.8) is 0 Å². The van der Waals surface area contributed by atoms with E-state index in [2.05, 4.69) is 17.1 Å². The zero-order chi connectivity index (χ0) is 29.3. The summed E-state index contributed by atoms with van der Waals surface area (Å²) in [6.45, 7) is 5.16. The van der Waals surface area contributed by atoms with E-state index in [-0.39, 0.29) is 11.5 Å². The summed E-state index contributed by atoms with van der Waals surface area (Å²) in [5.74, 6) is 0.00378. The van der Waals surface area contributed by atoms with E-state index in [1.165, 1.54) is 30.5 Å². The number of benzene rings is 3. The summed E-state index contributed by atoms with van der Waals surface area (Å²) in [7, 11) is -4.45. The molecule has 1 N–H and O–H groups in total. The number of nitrogens with one attached hydrogen (secondary N) is 1. The van der Waals surface area contributed by atoms with Crippen molar-refractivity contribution in [3.8, 4) is 11.5 Å². The normalized spacial score (nSPS) is 11.7. The molecule has 0 atom stereocenters. The smallest absolute Gasteiger partial charge is 0.417 e. The number of amides is 1. The Hall–Kier alpha value is -4.03. The Morgan fingerprint density at radius 3 is 2.45 bits per heavy atom. The van der Waals surface area contributed by atoms with Gasteiger partial charge in [-0.3, -0.25) is 9.10 Å². The van der Waals surface area contributed by atoms with Crippen LogP contribution in [-0.2, 0) is 21.0 Å². The van der Waals surface area contributed by atoms with Crippen molar-refractivity contribution in [1.82, 2.24) is 5.43 Å². The molecule has 0 unspecified atom stereocenters. The number of hydrogen-bond acceptors (Lipinski definition) is 6. The molecule has 13 heteroatoms. The maximum atomic E-state index is 13.5. The van der Waals surface area contributed by atoms with Gasteiger partial charge >= 0.3 is 6.18 Å². The predicted molar refractivity (Wildman–Crippen MR) is 146 cm³/mol. The molecule has 0 saturated heterocycles. The van der Waals surface area contributed by atoms with E-state index in [0.717, 1.165) is 12.1 Å². The first kappa shape index (κ1) is 30.5. The van der Waals surface area contributed by atoms with Gasteiger partial charge in [0.25, 0.3) is 15.9 Å². The quantitative estimate of drug-likeness (QED) is 0.165. The van der Waals surface area contributed by atoms with Gasteiger partial charge in [-0.2, -0.15) is 18.3 Å². The number of anilines is 1. The van der Waals surface area contributed by atoms with Crippen LogP contribution < -0.4 is 19.2 Å². The number of alkyl halides is 3. The SMILES string of the molecule is C=CCOc1ccc(/C=N\NC(=O)CN(c2ccc(Cl)c(C(F)(F)F)c2)S(=O)(=O)c2ccccc2)cc1OCC. The van der Waals surface area contributed by atoms with Crippen molar-refractivity contribution >= 4 is 39.4 Å². The molecule has 0 spiro atoms. The third-order valence-corrected chi connectivity index (χ3v) is 7.31. The molecule has 0 aromatic heterocycles. The third-order valence-electron chi connectivity index (χ3n) is 5.19. The van der Waals surface area contributed by atoms with Crippen LogP contribution in [0.2, 0.25) is 5.02 Å². The summed E-state index contributed by atoms with van der Waals surface area (Å²) >= 11 is 5.71. The van der Waals surface area contributed by atoms with E-state index in [4.69, 9.17) is 21.1 Å². The Kier molecular flexibility index (Phi) is 10.2. The first-order valence-corrected chi connectivity index (χ1v) is 13.6. The number of carbonyl (C=O) groups excluding carboxylic acids is 1. The highest BCUT2D eigenvalue weighted by Crippen LogP contribution is 2.38. The molecule has 3 aromatic rings. The molecule has 40 heavy (non-hydrogen) atoms. The molecule has 3 aromatic carbocycles. The summed E-state index contributed by atoms with van der Waals surface area (Å²) in [5.41, 5.74) is 1.07. The summed E-state index contributed by atoms with van der Waals surface area (Å²) in [6, 6.07) is 14.5. The minimum atomic E-state index is -4.85. The molecule has 0 bridgehead atoms. The molecular formula is C27H25ClF3N3O5S. The van der Waals surface area contributed by atoms with E-state index >= 15 is 0 Å². The maximum Gasteiger partial charge on any atom is 0.417 e. The van der Waals surface area contributed by atoms with Gasteiger partial charge in [-0.25, -0.2) is 13.8 Å². The fraction of sp³-hybridized carbons (Fsp3) is 0.185. The second-order valence-corrected chi connectivity index (χ2v) is 10.3. The minimum absolute atomic E-state index is 0.225. The second-order valence-electron chi connectivity index (χ2n) is 8.02. The Labute approximate surface area is 234 Å². The van der Waals surface area contributed by atoms with Crippen molar-refractivity contribution in [2.24, 2.45) is 5.10 Å². The van der Waals surface area contributed by atoms with Crippen LogP contribution >= 0.6 is 11.6 Å². The van der Waals surface area contributed by atoms with Crippen LogP contribution in [0.1, 0.15) is 18.1 Å². The summed E-state index contributed by atoms with van der Waals surface area (Å²) in [4.78, 5) is 12.5. The molecule has 0 fully saturated rings. The number of hydrogen-bond donors (Lipinski definition) is 1. The highest BCUT2D eigenvalue weighted by molar-refractivity contribution is 7.92. The number of hydrazone groups is 1. The standard InChI is InChI=1S/C27H25ClF3N3O5S/c1-3-14-39-24-13-10-19(15-25(24)38-4-2)17-32-33-26(35)18-34(40(36,37)21-8-6-5-7-9-21)20-11-12-23(28)22(16-20)27(29,30)31/h3,5-13,15-17H,1,4,14,18H2,2H3,(H,33,35)/b32-17-. The van der Waals surface area contributed by atoms with E-state index in [9.17, 15) is 26.4 Å². The number of rotatable bonds is 12. The van der Waals surface area contributed by atoms with Gasteiger partial charge in [-0.15, -0.1) is 0 Å². The molecule has 0 heterocycles. The molecule has 0 saturated carbocycles. The van der Waals surface area contributed by atoms with Gasteiger partial charge in [0.15, 0.2) is 11.5 Å². The first-order chi connectivity index (χ1) is 19.0. The molecule has 0 radical (unpaired) electrons. The lowest BCUT2D eigenvalue weighted by Gasteiger charge is -2.24. The maximum absolute atomic E-state index is 13.5. The minimum Gasteiger partial charge on any atom is -0.490 e. The van der Waals surface area contributed by atoms with Crippen molar-refractivity contribution in [3.05, 3.63) is 95.5 Å². The highest BCUT2D eigenvalue weighted by atomic mass is 35.5. The van der Waals surface area contributed by atoms with Gasteiger partial charge in [-0.05, 0) is 61.0 Å². The Bertz CT molecular complexity index is 1480. The van der Waals surface area contributed by atoms with E-state index < -0.39 is 44.9 Å². The Morgan fingerprint density at radius 2 is 1.80 bits per heavy atom. The van der Waals surface area contributed by atoms with E-state index in [1.807, 2.05) is 0 Å². The molecule has 3 rings (SSSR count). The predicted octanol–water partition coefficient (Wildman–Crippen LogP) is 5.67. The van der Waals surface area contributed by atoms with E-state index in [0.29, 0.717) is 34.0 Å². The fourth-order valence-corrected chi connectivity index (χ4v) is 5.06. The first-order valence-electron chi connectivity index (χ1n) is 11.7. The topological polar surface area (TPSA) is 97.3 Å². The molecule has 8 nitrogen and oxygen atoms in total. The molecule has 1 amide bonds.